The number of carbonyl (C=O) groups is 1. The Kier molecular flexibility index (Phi) is 3.62. The zero-order valence-corrected chi connectivity index (χ0v) is 13.7. The zero-order valence-electron chi connectivity index (χ0n) is 13.7. The average molecular weight is 313 g/mol. The van der Waals surface area contributed by atoms with Crippen LogP contribution in [0.15, 0.2) is 28.7 Å². The van der Waals surface area contributed by atoms with Crippen molar-refractivity contribution >= 4 is 16.9 Å². The highest BCUT2D eigenvalue weighted by Gasteiger charge is 2.39. The van der Waals surface area contributed by atoms with Crippen molar-refractivity contribution in [2.45, 2.75) is 6.54 Å². The van der Waals surface area contributed by atoms with E-state index in [2.05, 4.69) is 10.2 Å². The fraction of sp³-hybridized carbons (Fsp3) is 0.500. The van der Waals surface area contributed by atoms with Gasteiger partial charge in [-0.15, -0.1) is 0 Å². The zero-order chi connectivity index (χ0) is 16.0. The van der Waals surface area contributed by atoms with Crippen LogP contribution >= 0.6 is 0 Å². The first-order valence-electron chi connectivity index (χ1n) is 8.28. The molecule has 122 valence electrons. The SMILES string of the molecule is CN(C)Cc1c(C(=O)N2C[C@H]3CNC[C@H]3C2)oc2ccccc12. The number of hydrogen-bond acceptors (Lipinski definition) is 4. The van der Waals surface area contributed by atoms with Crippen LogP contribution in [0.4, 0.5) is 0 Å². The number of likely N-dealkylation sites (tertiary alicyclic amines) is 1. The van der Waals surface area contributed by atoms with E-state index in [-0.39, 0.29) is 5.91 Å². The monoisotopic (exact) mass is 313 g/mol. The van der Waals surface area contributed by atoms with Crippen molar-refractivity contribution in [1.82, 2.24) is 15.1 Å². The molecule has 4 rings (SSSR count). The fourth-order valence-electron chi connectivity index (χ4n) is 3.91. The van der Waals surface area contributed by atoms with Crippen LogP contribution in [0, 0.1) is 11.8 Å². The molecule has 2 aromatic rings. The second kappa shape index (κ2) is 5.65. The Labute approximate surface area is 136 Å². The number of benzene rings is 1. The summed E-state index contributed by atoms with van der Waals surface area (Å²) in [6, 6.07) is 7.92. The summed E-state index contributed by atoms with van der Waals surface area (Å²) in [4.78, 5) is 17.1. The number of fused-ring (bicyclic) bond motifs is 2. The summed E-state index contributed by atoms with van der Waals surface area (Å²) in [7, 11) is 4.03. The van der Waals surface area contributed by atoms with Gasteiger partial charge in [0.15, 0.2) is 5.76 Å². The van der Waals surface area contributed by atoms with Gasteiger partial charge in [-0.3, -0.25) is 4.79 Å². The molecular weight excluding hydrogens is 290 g/mol. The third kappa shape index (κ3) is 2.54. The number of para-hydroxylation sites is 1. The molecule has 2 atom stereocenters. The van der Waals surface area contributed by atoms with Crippen molar-refractivity contribution in [3.8, 4) is 0 Å². The standard InChI is InChI=1S/C18H23N3O2/c1-20(2)11-15-14-5-3-4-6-16(14)23-17(15)18(22)21-9-12-7-19-8-13(12)10-21/h3-6,12-13,19H,7-11H2,1-2H3/t12-,13+. The Hall–Kier alpha value is -1.85. The normalized spacial score (nSPS) is 23.9. The smallest absolute Gasteiger partial charge is 0.289 e. The second-order valence-corrected chi connectivity index (χ2v) is 7.03. The highest BCUT2D eigenvalue weighted by molar-refractivity contribution is 5.99. The molecule has 0 radical (unpaired) electrons. The van der Waals surface area contributed by atoms with Gasteiger partial charge in [0.05, 0.1) is 0 Å². The predicted molar refractivity (Wildman–Crippen MR) is 89.4 cm³/mol. The van der Waals surface area contributed by atoms with Gasteiger partial charge in [-0.2, -0.15) is 0 Å². The Bertz CT molecular complexity index is 725. The molecule has 2 aliphatic heterocycles. The molecule has 5 heteroatoms. The Morgan fingerprint density at radius 3 is 2.65 bits per heavy atom. The number of furan rings is 1. The van der Waals surface area contributed by atoms with Crippen LogP contribution in [0.25, 0.3) is 11.0 Å². The summed E-state index contributed by atoms with van der Waals surface area (Å²) < 4.78 is 5.96. The highest BCUT2D eigenvalue weighted by atomic mass is 16.3. The van der Waals surface area contributed by atoms with Crippen molar-refractivity contribution < 1.29 is 9.21 Å². The first-order chi connectivity index (χ1) is 11.1. The lowest BCUT2D eigenvalue weighted by molar-refractivity contribution is 0.0750. The molecule has 1 N–H and O–H groups in total. The van der Waals surface area contributed by atoms with Crippen molar-refractivity contribution in [1.29, 1.82) is 0 Å². The molecule has 0 unspecified atom stereocenters. The van der Waals surface area contributed by atoms with E-state index in [1.54, 1.807) is 0 Å². The third-order valence-corrected chi connectivity index (χ3v) is 5.04. The van der Waals surface area contributed by atoms with Gasteiger partial charge in [-0.05, 0) is 32.0 Å². The molecule has 2 aliphatic rings. The van der Waals surface area contributed by atoms with E-state index in [9.17, 15) is 4.79 Å². The van der Waals surface area contributed by atoms with Crippen LogP contribution in [-0.4, -0.2) is 56.0 Å². The van der Waals surface area contributed by atoms with Gasteiger partial charge in [0.1, 0.15) is 5.58 Å². The minimum Gasteiger partial charge on any atom is -0.451 e. The van der Waals surface area contributed by atoms with E-state index in [0.717, 1.165) is 42.7 Å². The average Bonchev–Trinajstić information content (AvgIpc) is 3.19. The van der Waals surface area contributed by atoms with Gasteiger partial charge in [0, 0.05) is 43.7 Å². The summed E-state index contributed by atoms with van der Waals surface area (Å²) in [5, 5.41) is 4.46. The van der Waals surface area contributed by atoms with Gasteiger partial charge in [0.25, 0.3) is 5.91 Å². The molecule has 2 fully saturated rings. The van der Waals surface area contributed by atoms with E-state index < -0.39 is 0 Å². The largest absolute Gasteiger partial charge is 0.451 e. The van der Waals surface area contributed by atoms with Gasteiger partial charge in [0.2, 0.25) is 0 Å². The maximum atomic E-state index is 13.0. The minimum atomic E-state index is 0.0486. The van der Waals surface area contributed by atoms with Crippen LogP contribution in [0.3, 0.4) is 0 Å². The number of nitrogens with zero attached hydrogens (tertiary/aromatic N) is 2. The number of amides is 1. The molecule has 0 aliphatic carbocycles. The molecule has 23 heavy (non-hydrogen) atoms. The molecule has 5 nitrogen and oxygen atoms in total. The third-order valence-electron chi connectivity index (χ3n) is 5.04. The van der Waals surface area contributed by atoms with Crippen molar-refractivity contribution in [3.63, 3.8) is 0 Å². The summed E-state index contributed by atoms with van der Waals surface area (Å²) in [6.45, 7) is 4.45. The van der Waals surface area contributed by atoms with Crippen LogP contribution < -0.4 is 5.32 Å². The number of rotatable bonds is 3. The van der Waals surface area contributed by atoms with Crippen LogP contribution in [0.1, 0.15) is 16.1 Å². The lowest BCUT2D eigenvalue weighted by Crippen LogP contribution is -2.32. The quantitative estimate of drug-likeness (QED) is 0.938. The highest BCUT2D eigenvalue weighted by Crippen LogP contribution is 2.31. The van der Waals surface area contributed by atoms with E-state index in [1.807, 2.05) is 43.3 Å². The lowest BCUT2D eigenvalue weighted by Gasteiger charge is -2.17. The molecule has 3 heterocycles. The summed E-state index contributed by atoms with van der Waals surface area (Å²) in [5.41, 5.74) is 1.81. The summed E-state index contributed by atoms with van der Waals surface area (Å²) in [6.07, 6.45) is 0. The molecule has 1 aromatic carbocycles. The number of hydrogen-bond donors (Lipinski definition) is 1. The Morgan fingerprint density at radius 1 is 1.26 bits per heavy atom. The van der Waals surface area contributed by atoms with E-state index in [4.69, 9.17) is 4.42 Å². The maximum absolute atomic E-state index is 13.0. The van der Waals surface area contributed by atoms with E-state index in [1.165, 1.54) is 0 Å². The van der Waals surface area contributed by atoms with Crippen LogP contribution in [0.2, 0.25) is 0 Å². The molecule has 1 amide bonds. The van der Waals surface area contributed by atoms with Gasteiger partial charge in [-0.1, -0.05) is 18.2 Å². The van der Waals surface area contributed by atoms with Gasteiger partial charge in [-0.25, -0.2) is 0 Å². The molecule has 0 bridgehead atoms. The summed E-state index contributed by atoms with van der Waals surface area (Å²) in [5.74, 6) is 1.77. The topological polar surface area (TPSA) is 48.7 Å². The van der Waals surface area contributed by atoms with Crippen molar-refractivity contribution in [2.75, 3.05) is 40.3 Å². The van der Waals surface area contributed by atoms with Crippen molar-refractivity contribution in [2.24, 2.45) is 11.8 Å². The minimum absolute atomic E-state index is 0.0486. The molecule has 0 saturated carbocycles. The van der Waals surface area contributed by atoms with Crippen LogP contribution in [-0.2, 0) is 6.54 Å². The van der Waals surface area contributed by atoms with Crippen LogP contribution in [0.5, 0.6) is 0 Å². The second-order valence-electron chi connectivity index (χ2n) is 7.03. The van der Waals surface area contributed by atoms with E-state index in [0.29, 0.717) is 24.1 Å². The molecule has 2 saturated heterocycles. The molecular formula is C18H23N3O2. The maximum Gasteiger partial charge on any atom is 0.289 e. The summed E-state index contributed by atoms with van der Waals surface area (Å²) >= 11 is 0. The fourth-order valence-corrected chi connectivity index (χ4v) is 3.91. The molecule has 1 aromatic heterocycles. The van der Waals surface area contributed by atoms with Crippen molar-refractivity contribution in [3.05, 3.63) is 35.6 Å². The van der Waals surface area contributed by atoms with E-state index >= 15 is 0 Å². The number of carbonyl (C=O) groups excluding carboxylic acids is 1. The van der Waals surface area contributed by atoms with Gasteiger partial charge < -0.3 is 19.5 Å². The Morgan fingerprint density at radius 2 is 1.96 bits per heavy atom. The first kappa shape index (κ1) is 14.7. The lowest BCUT2D eigenvalue weighted by atomic mass is 10.0. The predicted octanol–water partition coefficient (Wildman–Crippen LogP) is 1.79. The molecule has 0 spiro atoms. The number of nitrogens with one attached hydrogen (secondary N) is 1. The Balaban J connectivity index is 1.68. The first-order valence-corrected chi connectivity index (χ1v) is 8.28. The van der Waals surface area contributed by atoms with Gasteiger partial charge >= 0.3 is 0 Å².